The summed E-state index contributed by atoms with van der Waals surface area (Å²) in [5.41, 5.74) is 2.72. The second kappa shape index (κ2) is 7.20. The highest BCUT2D eigenvalue weighted by Crippen LogP contribution is 2.23. The lowest BCUT2D eigenvalue weighted by Crippen LogP contribution is -2.22. The molecule has 0 spiro atoms. The average Bonchev–Trinajstić information content (AvgIpc) is 2.97. The maximum absolute atomic E-state index is 10.8. The van der Waals surface area contributed by atoms with Gasteiger partial charge in [0.15, 0.2) is 0 Å². The van der Waals surface area contributed by atoms with Gasteiger partial charge in [0.05, 0.1) is 4.92 Å². The van der Waals surface area contributed by atoms with Crippen LogP contribution >= 0.6 is 0 Å². The number of nitro groups is 1. The van der Waals surface area contributed by atoms with Gasteiger partial charge in [0.25, 0.3) is 5.69 Å². The van der Waals surface area contributed by atoms with Crippen molar-refractivity contribution in [2.45, 2.75) is 45.1 Å². The number of nitrogens with one attached hydrogen (secondary N) is 1. The fraction of sp³-hybridized carbons (Fsp3) is 0.500. The van der Waals surface area contributed by atoms with Crippen molar-refractivity contribution in [2.24, 2.45) is 0 Å². The van der Waals surface area contributed by atoms with Crippen molar-refractivity contribution in [2.75, 3.05) is 6.54 Å². The van der Waals surface area contributed by atoms with Crippen molar-refractivity contribution < 1.29 is 4.92 Å². The second-order valence-corrected chi connectivity index (χ2v) is 5.27. The van der Waals surface area contributed by atoms with Crippen LogP contribution in [-0.2, 0) is 0 Å². The maximum Gasteiger partial charge on any atom is 0.269 e. The zero-order chi connectivity index (χ0) is 14.4. The summed E-state index contributed by atoms with van der Waals surface area (Å²) in [7, 11) is 0. The van der Waals surface area contributed by atoms with Crippen molar-refractivity contribution in [1.82, 2.24) is 5.32 Å². The van der Waals surface area contributed by atoms with Crippen LogP contribution < -0.4 is 5.32 Å². The van der Waals surface area contributed by atoms with Crippen molar-refractivity contribution in [3.8, 4) is 0 Å². The molecule has 4 heteroatoms. The van der Waals surface area contributed by atoms with E-state index in [0.717, 1.165) is 24.9 Å². The zero-order valence-corrected chi connectivity index (χ0v) is 12.0. The van der Waals surface area contributed by atoms with E-state index in [1.165, 1.54) is 19.3 Å². The van der Waals surface area contributed by atoms with E-state index in [4.69, 9.17) is 0 Å². The van der Waals surface area contributed by atoms with E-state index in [-0.39, 0.29) is 16.7 Å². The molecule has 0 bridgehead atoms. The Morgan fingerprint density at radius 1 is 1.45 bits per heavy atom. The molecule has 4 nitrogen and oxygen atoms in total. The molecule has 0 fully saturated rings. The molecule has 108 valence electrons. The van der Waals surface area contributed by atoms with Crippen LogP contribution in [0.25, 0.3) is 0 Å². The molecule has 0 heterocycles. The minimum absolute atomic E-state index is 0.168. The van der Waals surface area contributed by atoms with Crippen molar-refractivity contribution >= 4 is 5.69 Å². The van der Waals surface area contributed by atoms with Crippen LogP contribution in [0.4, 0.5) is 5.69 Å². The molecule has 0 saturated heterocycles. The van der Waals surface area contributed by atoms with E-state index in [1.54, 1.807) is 23.8 Å². The number of nitro benzene ring substituents is 1. The highest BCUT2D eigenvalue weighted by Gasteiger charge is 2.13. The summed E-state index contributed by atoms with van der Waals surface area (Å²) in [6.45, 7) is 3.04. The fourth-order valence-electron chi connectivity index (χ4n) is 2.72. The zero-order valence-electron chi connectivity index (χ0n) is 12.0. The first-order valence-corrected chi connectivity index (χ1v) is 7.36. The molecule has 0 aliphatic heterocycles. The van der Waals surface area contributed by atoms with Gasteiger partial charge in [-0.1, -0.05) is 30.7 Å². The molecular formula is C16H22N2O2. The average molecular weight is 274 g/mol. The molecule has 1 aliphatic rings. The number of nitrogens with zero attached hydrogens (tertiary/aromatic N) is 1. The molecule has 0 saturated carbocycles. The first-order chi connectivity index (χ1) is 9.70. The monoisotopic (exact) mass is 274 g/mol. The predicted molar refractivity (Wildman–Crippen MR) is 80.7 cm³/mol. The molecule has 0 radical (unpaired) electrons. The van der Waals surface area contributed by atoms with E-state index < -0.39 is 0 Å². The topological polar surface area (TPSA) is 55.2 Å². The summed E-state index contributed by atoms with van der Waals surface area (Å²) in [6, 6.07) is 7.13. The predicted octanol–water partition coefficient (Wildman–Crippen LogP) is 4.14. The highest BCUT2D eigenvalue weighted by molar-refractivity contribution is 5.35. The van der Waals surface area contributed by atoms with Crippen LogP contribution in [0.5, 0.6) is 0 Å². The second-order valence-electron chi connectivity index (χ2n) is 5.27. The van der Waals surface area contributed by atoms with Gasteiger partial charge in [-0.3, -0.25) is 10.1 Å². The fourth-order valence-corrected chi connectivity index (χ4v) is 2.72. The van der Waals surface area contributed by atoms with Gasteiger partial charge in [0.2, 0.25) is 0 Å². The minimum atomic E-state index is -0.334. The van der Waals surface area contributed by atoms with Crippen LogP contribution in [0.2, 0.25) is 0 Å². The quantitative estimate of drug-likeness (QED) is 0.462. The summed E-state index contributed by atoms with van der Waals surface area (Å²) in [5, 5.41) is 14.3. The van der Waals surface area contributed by atoms with Gasteiger partial charge >= 0.3 is 0 Å². The Balaban J connectivity index is 1.93. The molecule has 1 N–H and O–H groups in total. The molecule has 1 atom stereocenters. The van der Waals surface area contributed by atoms with E-state index >= 15 is 0 Å². The van der Waals surface area contributed by atoms with Crippen molar-refractivity contribution in [3.05, 3.63) is 51.6 Å². The lowest BCUT2D eigenvalue weighted by Gasteiger charge is -2.17. The van der Waals surface area contributed by atoms with Crippen LogP contribution in [0, 0.1) is 10.1 Å². The van der Waals surface area contributed by atoms with Gasteiger partial charge < -0.3 is 5.32 Å². The Kier molecular flexibility index (Phi) is 5.30. The highest BCUT2D eigenvalue weighted by atomic mass is 16.6. The Bertz CT molecular complexity index is 497. The number of benzene rings is 1. The Morgan fingerprint density at radius 2 is 2.30 bits per heavy atom. The Hall–Kier alpha value is -1.68. The largest absolute Gasteiger partial charge is 0.310 e. The van der Waals surface area contributed by atoms with E-state index in [2.05, 4.69) is 18.3 Å². The van der Waals surface area contributed by atoms with E-state index in [9.17, 15) is 10.1 Å². The summed E-state index contributed by atoms with van der Waals surface area (Å²) >= 11 is 0. The molecule has 1 aliphatic carbocycles. The van der Waals surface area contributed by atoms with E-state index in [1.807, 2.05) is 6.07 Å². The number of non-ortho nitro benzene ring substituents is 1. The summed E-state index contributed by atoms with van der Waals surface area (Å²) in [4.78, 5) is 10.5. The lowest BCUT2D eigenvalue weighted by molar-refractivity contribution is -0.384. The molecule has 2 rings (SSSR count). The van der Waals surface area contributed by atoms with Crippen molar-refractivity contribution in [3.63, 3.8) is 0 Å². The first kappa shape index (κ1) is 14.7. The van der Waals surface area contributed by atoms with Gasteiger partial charge in [-0.15, -0.1) is 0 Å². The third-order valence-corrected chi connectivity index (χ3v) is 3.86. The van der Waals surface area contributed by atoms with Crippen LogP contribution in [0.15, 0.2) is 35.9 Å². The minimum Gasteiger partial charge on any atom is -0.310 e. The Labute approximate surface area is 120 Å². The van der Waals surface area contributed by atoms with Gasteiger partial charge in [0, 0.05) is 18.2 Å². The maximum atomic E-state index is 10.8. The normalized spacial score (nSPS) is 15.9. The van der Waals surface area contributed by atoms with E-state index in [0.29, 0.717) is 0 Å². The number of hydrogen-bond acceptors (Lipinski definition) is 3. The van der Waals surface area contributed by atoms with Gasteiger partial charge in [0.1, 0.15) is 0 Å². The summed E-state index contributed by atoms with van der Waals surface area (Å²) in [6.07, 6.45) is 8.10. The van der Waals surface area contributed by atoms with Gasteiger partial charge in [-0.25, -0.2) is 0 Å². The van der Waals surface area contributed by atoms with Crippen LogP contribution in [0.3, 0.4) is 0 Å². The van der Waals surface area contributed by atoms with Gasteiger partial charge in [-0.05, 0) is 44.2 Å². The molecule has 1 aromatic carbocycles. The number of rotatable bonds is 7. The first-order valence-electron chi connectivity index (χ1n) is 7.36. The SMILES string of the molecule is CCC(NCCC1=CCCC1)c1cccc([N+](=O)[O-])c1. The molecular weight excluding hydrogens is 252 g/mol. The third kappa shape index (κ3) is 3.90. The third-order valence-electron chi connectivity index (χ3n) is 3.86. The molecule has 20 heavy (non-hydrogen) atoms. The molecule has 1 unspecified atom stereocenters. The lowest BCUT2D eigenvalue weighted by atomic mass is 10.0. The van der Waals surface area contributed by atoms with Crippen molar-refractivity contribution in [1.29, 1.82) is 0 Å². The Morgan fingerprint density at radius 3 is 2.95 bits per heavy atom. The number of allylic oxidation sites excluding steroid dienone is 1. The molecule has 0 aromatic heterocycles. The molecule has 1 aromatic rings. The summed E-state index contributed by atoms with van der Waals surface area (Å²) in [5.74, 6) is 0. The standard InChI is InChI=1S/C16H22N2O2/c1-2-16(17-11-10-13-6-3-4-7-13)14-8-5-9-15(12-14)18(19)20/h5-6,8-9,12,16-17H,2-4,7,10-11H2,1H3. The summed E-state index contributed by atoms with van der Waals surface area (Å²) < 4.78 is 0. The molecule has 0 amide bonds. The number of hydrogen-bond donors (Lipinski definition) is 1. The smallest absolute Gasteiger partial charge is 0.269 e. The van der Waals surface area contributed by atoms with Crippen LogP contribution in [0.1, 0.15) is 50.6 Å². The van der Waals surface area contributed by atoms with Gasteiger partial charge in [-0.2, -0.15) is 0 Å². The van der Waals surface area contributed by atoms with Crippen LogP contribution in [-0.4, -0.2) is 11.5 Å².